The predicted molar refractivity (Wildman–Crippen MR) is 111 cm³/mol. The summed E-state index contributed by atoms with van der Waals surface area (Å²) in [4.78, 5) is 12.2. The highest BCUT2D eigenvalue weighted by atomic mass is 16.5. The van der Waals surface area contributed by atoms with E-state index in [2.05, 4.69) is 39.9 Å². The first-order valence-electron chi connectivity index (χ1n) is 9.50. The van der Waals surface area contributed by atoms with E-state index >= 15 is 0 Å². The SMILES string of the molecule is CC(C)CCOc1ccc(NC(=O)COc2ccccc2C(C)(C)C)cc1. The van der Waals surface area contributed by atoms with Crippen molar-refractivity contribution in [2.24, 2.45) is 5.92 Å². The molecule has 0 aromatic heterocycles. The Morgan fingerprint density at radius 2 is 1.67 bits per heavy atom. The molecule has 1 amide bonds. The Bertz CT molecular complexity index is 730. The predicted octanol–water partition coefficient (Wildman–Crippen LogP) is 5.43. The van der Waals surface area contributed by atoms with Crippen LogP contribution in [0.1, 0.15) is 46.6 Å². The molecule has 0 bridgehead atoms. The Balaban J connectivity index is 1.86. The number of nitrogens with one attached hydrogen (secondary N) is 1. The van der Waals surface area contributed by atoms with E-state index in [4.69, 9.17) is 9.47 Å². The lowest BCUT2D eigenvalue weighted by atomic mass is 9.86. The van der Waals surface area contributed by atoms with Crippen LogP contribution >= 0.6 is 0 Å². The summed E-state index contributed by atoms with van der Waals surface area (Å²) < 4.78 is 11.4. The van der Waals surface area contributed by atoms with Crippen molar-refractivity contribution >= 4 is 11.6 Å². The van der Waals surface area contributed by atoms with Gasteiger partial charge in [0, 0.05) is 5.69 Å². The monoisotopic (exact) mass is 369 g/mol. The molecule has 0 radical (unpaired) electrons. The maximum atomic E-state index is 12.2. The van der Waals surface area contributed by atoms with E-state index in [0.717, 1.165) is 29.2 Å². The van der Waals surface area contributed by atoms with E-state index in [-0.39, 0.29) is 17.9 Å². The highest BCUT2D eigenvalue weighted by Crippen LogP contribution is 2.30. The molecule has 2 rings (SSSR count). The maximum absolute atomic E-state index is 12.2. The van der Waals surface area contributed by atoms with Crippen LogP contribution in [0.25, 0.3) is 0 Å². The van der Waals surface area contributed by atoms with Crippen molar-refractivity contribution in [3.8, 4) is 11.5 Å². The van der Waals surface area contributed by atoms with Crippen molar-refractivity contribution in [3.05, 3.63) is 54.1 Å². The standard InChI is InChI=1S/C23H31NO3/c1-17(2)14-15-26-19-12-10-18(11-13-19)24-22(25)16-27-21-9-7-6-8-20(21)23(3,4)5/h6-13,17H,14-16H2,1-5H3,(H,24,25). The summed E-state index contributed by atoms with van der Waals surface area (Å²) in [6, 6.07) is 15.2. The summed E-state index contributed by atoms with van der Waals surface area (Å²) in [5, 5.41) is 2.85. The molecule has 146 valence electrons. The number of ether oxygens (including phenoxy) is 2. The van der Waals surface area contributed by atoms with Gasteiger partial charge in [-0.1, -0.05) is 52.8 Å². The summed E-state index contributed by atoms with van der Waals surface area (Å²) in [6.45, 7) is 11.4. The summed E-state index contributed by atoms with van der Waals surface area (Å²) in [5.41, 5.74) is 1.77. The van der Waals surface area contributed by atoms with Crippen molar-refractivity contribution in [2.75, 3.05) is 18.5 Å². The third kappa shape index (κ3) is 6.97. The van der Waals surface area contributed by atoms with Gasteiger partial charge in [-0.25, -0.2) is 0 Å². The molecule has 1 N–H and O–H groups in total. The molecule has 0 atom stereocenters. The Hall–Kier alpha value is -2.49. The van der Waals surface area contributed by atoms with Crippen LogP contribution in [0.4, 0.5) is 5.69 Å². The zero-order valence-corrected chi connectivity index (χ0v) is 17.0. The molecule has 0 aliphatic carbocycles. The molecule has 0 heterocycles. The molecule has 0 aliphatic rings. The van der Waals surface area contributed by atoms with Crippen LogP contribution in [-0.2, 0) is 10.2 Å². The van der Waals surface area contributed by atoms with E-state index in [1.54, 1.807) is 0 Å². The van der Waals surface area contributed by atoms with Gasteiger partial charge in [0.2, 0.25) is 0 Å². The Morgan fingerprint density at radius 1 is 1.00 bits per heavy atom. The van der Waals surface area contributed by atoms with E-state index < -0.39 is 0 Å². The molecular weight excluding hydrogens is 338 g/mol. The molecular formula is C23H31NO3. The molecule has 0 saturated heterocycles. The normalized spacial score (nSPS) is 11.3. The molecule has 2 aromatic carbocycles. The summed E-state index contributed by atoms with van der Waals surface area (Å²) in [5.74, 6) is 1.98. The van der Waals surface area contributed by atoms with Crippen molar-refractivity contribution in [2.45, 2.75) is 46.5 Å². The lowest BCUT2D eigenvalue weighted by Gasteiger charge is -2.22. The van der Waals surface area contributed by atoms with E-state index in [1.165, 1.54) is 0 Å². The van der Waals surface area contributed by atoms with Gasteiger partial charge in [-0.2, -0.15) is 0 Å². The lowest BCUT2D eigenvalue weighted by molar-refractivity contribution is -0.118. The fraction of sp³-hybridized carbons (Fsp3) is 0.435. The van der Waals surface area contributed by atoms with Gasteiger partial charge in [0.1, 0.15) is 11.5 Å². The molecule has 0 aliphatic heterocycles. The molecule has 2 aromatic rings. The molecule has 0 unspecified atom stereocenters. The van der Waals surface area contributed by atoms with Crippen molar-refractivity contribution in [1.29, 1.82) is 0 Å². The topological polar surface area (TPSA) is 47.6 Å². The minimum absolute atomic E-state index is 0.0280. The second-order valence-corrected chi connectivity index (χ2v) is 8.14. The molecule has 27 heavy (non-hydrogen) atoms. The number of amides is 1. The summed E-state index contributed by atoms with van der Waals surface area (Å²) in [6.07, 6.45) is 1.02. The first kappa shape index (κ1) is 20.8. The second kappa shape index (κ2) is 9.45. The van der Waals surface area contributed by atoms with Gasteiger partial charge < -0.3 is 14.8 Å². The Labute approximate surface area is 162 Å². The number of benzene rings is 2. The first-order chi connectivity index (χ1) is 12.8. The Morgan fingerprint density at radius 3 is 2.30 bits per heavy atom. The quantitative estimate of drug-likeness (QED) is 0.675. The summed E-state index contributed by atoms with van der Waals surface area (Å²) >= 11 is 0. The maximum Gasteiger partial charge on any atom is 0.262 e. The second-order valence-electron chi connectivity index (χ2n) is 8.14. The third-order valence-corrected chi connectivity index (χ3v) is 4.16. The average molecular weight is 370 g/mol. The number of anilines is 1. The van der Waals surface area contributed by atoms with Gasteiger partial charge in [-0.3, -0.25) is 4.79 Å². The number of carbonyl (C=O) groups excluding carboxylic acids is 1. The molecule has 4 heteroatoms. The van der Waals surface area contributed by atoms with Crippen LogP contribution in [0.3, 0.4) is 0 Å². The number of rotatable bonds is 8. The minimum Gasteiger partial charge on any atom is -0.494 e. The lowest BCUT2D eigenvalue weighted by Crippen LogP contribution is -2.21. The van der Waals surface area contributed by atoms with Gasteiger partial charge in [0.05, 0.1) is 6.61 Å². The van der Waals surface area contributed by atoms with Crippen LogP contribution in [0, 0.1) is 5.92 Å². The third-order valence-electron chi connectivity index (χ3n) is 4.16. The van der Waals surface area contributed by atoms with Gasteiger partial charge in [-0.05, 0) is 53.6 Å². The van der Waals surface area contributed by atoms with Gasteiger partial charge in [0.25, 0.3) is 5.91 Å². The van der Waals surface area contributed by atoms with Crippen molar-refractivity contribution in [1.82, 2.24) is 0 Å². The minimum atomic E-state index is -0.188. The van der Waals surface area contributed by atoms with Gasteiger partial charge in [0.15, 0.2) is 6.61 Å². The first-order valence-corrected chi connectivity index (χ1v) is 9.50. The van der Waals surface area contributed by atoms with Crippen molar-refractivity contribution in [3.63, 3.8) is 0 Å². The number of para-hydroxylation sites is 1. The fourth-order valence-electron chi connectivity index (χ4n) is 2.60. The van der Waals surface area contributed by atoms with Crippen LogP contribution in [-0.4, -0.2) is 19.1 Å². The van der Waals surface area contributed by atoms with E-state index in [0.29, 0.717) is 12.5 Å². The average Bonchev–Trinajstić information content (AvgIpc) is 2.61. The highest BCUT2D eigenvalue weighted by Gasteiger charge is 2.18. The smallest absolute Gasteiger partial charge is 0.262 e. The van der Waals surface area contributed by atoms with Crippen LogP contribution < -0.4 is 14.8 Å². The largest absolute Gasteiger partial charge is 0.494 e. The zero-order valence-electron chi connectivity index (χ0n) is 17.0. The molecule has 0 fully saturated rings. The van der Waals surface area contributed by atoms with Crippen LogP contribution in [0.5, 0.6) is 11.5 Å². The van der Waals surface area contributed by atoms with Crippen LogP contribution in [0.2, 0.25) is 0 Å². The van der Waals surface area contributed by atoms with E-state index in [1.807, 2.05) is 48.5 Å². The zero-order chi connectivity index (χ0) is 19.9. The summed E-state index contributed by atoms with van der Waals surface area (Å²) in [7, 11) is 0. The van der Waals surface area contributed by atoms with Gasteiger partial charge in [-0.15, -0.1) is 0 Å². The highest BCUT2D eigenvalue weighted by molar-refractivity contribution is 5.91. The Kier molecular flexibility index (Phi) is 7.28. The molecule has 4 nitrogen and oxygen atoms in total. The molecule has 0 saturated carbocycles. The van der Waals surface area contributed by atoms with Crippen LogP contribution in [0.15, 0.2) is 48.5 Å². The molecule has 0 spiro atoms. The van der Waals surface area contributed by atoms with Gasteiger partial charge >= 0.3 is 0 Å². The van der Waals surface area contributed by atoms with Crippen molar-refractivity contribution < 1.29 is 14.3 Å². The van der Waals surface area contributed by atoms with E-state index in [9.17, 15) is 4.79 Å². The number of hydrogen-bond acceptors (Lipinski definition) is 3. The fourth-order valence-corrected chi connectivity index (χ4v) is 2.60. The number of hydrogen-bond donors (Lipinski definition) is 1. The number of carbonyl (C=O) groups is 1.